The second-order valence-electron chi connectivity index (χ2n) is 6.01. The van der Waals surface area contributed by atoms with Crippen molar-refractivity contribution in [2.24, 2.45) is 0 Å². The van der Waals surface area contributed by atoms with E-state index in [-0.39, 0.29) is 5.91 Å². The molecular formula is C19H18N6O. The number of aromatic amines is 1. The third-order valence-electron chi connectivity index (χ3n) is 4.17. The van der Waals surface area contributed by atoms with E-state index in [1.54, 1.807) is 0 Å². The quantitative estimate of drug-likeness (QED) is 0.581. The van der Waals surface area contributed by atoms with Crippen molar-refractivity contribution in [3.63, 3.8) is 0 Å². The lowest BCUT2D eigenvalue weighted by molar-refractivity contribution is -0.116. The Morgan fingerprint density at radius 2 is 2.04 bits per heavy atom. The molecule has 7 nitrogen and oxygen atoms in total. The van der Waals surface area contributed by atoms with Crippen LogP contribution >= 0.6 is 0 Å². The fraction of sp³-hybridized carbons (Fsp3) is 0.158. The van der Waals surface area contributed by atoms with Gasteiger partial charge in [-0.2, -0.15) is 5.10 Å². The summed E-state index contributed by atoms with van der Waals surface area (Å²) in [6.07, 6.45) is 2.30. The number of anilines is 1. The molecule has 4 rings (SSSR count). The summed E-state index contributed by atoms with van der Waals surface area (Å²) in [7, 11) is 0. The molecule has 0 fully saturated rings. The van der Waals surface area contributed by atoms with Gasteiger partial charge in [-0.15, -0.1) is 0 Å². The summed E-state index contributed by atoms with van der Waals surface area (Å²) in [6.45, 7) is 1.97. The van der Waals surface area contributed by atoms with Gasteiger partial charge in [-0.05, 0) is 37.3 Å². The second kappa shape index (κ2) is 6.79. The Morgan fingerprint density at radius 3 is 2.81 bits per heavy atom. The zero-order chi connectivity index (χ0) is 17.9. The third kappa shape index (κ3) is 3.19. The SMILES string of the molecule is Cc1nc2cc(NC(=O)CCc3ncn[nH]3)ccc2n1-c1ccccc1. The van der Waals surface area contributed by atoms with E-state index >= 15 is 0 Å². The Kier molecular flexibility index (Phi) is 4.18. The van der Waals surface area contributed by atoms with Crippen LogP contribution in [0.1, 0.15) is 18.1 Å². The molecule has 0 aliphatic rings. The first kappa shape index (κ1) is 16.0. The summed E-state index contributed by atoms with van der Waals surface area (Å²) < 4.78 is 2.10. The first-order chi connectivity index (χ1) is 12.7. The molecule has 0 aliphatic heterocycles. The zero-order valence-electron chi connectivity index (χ0n) is 14.3. The van der Waals surface area contributed by atoms with Gasteiger partial charge in [0.15, 0.2) is 0 Å². The number of fused-ring (bicyclic) bond motifs is 1. The lowest BCUT2D eigenvalue weighted by Gasteiger charge is -2.07. The van der Waals surface area contributed by atoms with Crippen LogP contribution < -0.4 is 5.32 Å². The fourth-order valence-electron chi connectivity index (χ4n) is 2.99. The highest BCUT2D eigenvalue weighted by atomic mass is 16.1. The van der Waals surface area contributed by atoms with Crippen LogP contribution in [0.3, 0.4) is 0 Å². The molecule has 2 heterocycles. The lowest BCUT2D eigenvalue weighted by atomic mass is 10.2. The number of carbonyl (C=O) groups is 1. The molecule has 0 radical (unpaired) electrons. The van der Waals surface area contributed by atoms with Crippen molar-refractivity contribution in [1.82, 2.24) is 24.7 Å². The zero-order valence-corrected chi connectivity index (χ0v) is 14.3. The minimum Gasteiger partial charge on any atom is -0.326 e. The number of para-hydroxylation sites is 1. The van der Waals surface area contributed by atoms with E-state index in [2.05, 4.69) is 30.0 Å². The molecule has 0 unspecified atom stereocenters. The topological polar surface area (TPSA) is 88.5 Å². The number of hydrogen-bond acceptors (Lipinski definition) is 4. The van der Waals surface area contributed by atoms with Crippen LogP contribution in [0.4, 0.5) is 5.69 Å². The maximum atomic E-state index is 12.1. The van der Waals surface area contributed by atoms with Gasteiger partial charge in [0, 0.05) is 24.2 Å². The predicted molar refractivity (Wildman–Crippen MR) is 99.1 cm³/mol. The van der Waals surface area contributed by atoms with E-state index in [1.807, 2.05) is 55.5 Å². The maximum Gasteiger partial charge on any atom is 0.224 e. The fourth-order valence-corrected chi connectivity index (χ4v) is 2.99. The molecule has 26 heavy (non-hydrogen) atoms. The molecule has 2 N–H and O–H groups in total. The van der Waals surface area contributed by atoms with Crippen LogP contribution in [0.25, 0.3) is 16.7 Å². The number of imidazole rings is 1. The second-order valence-corrected chi connectivity index (χ2v) is 6.01. The normalized spacial score (nSPS) is 11.0. The highest BCUT2D eigenvalue weighted by Crippen LogP contribution is 2.24. The molecule has 0 saturated carbocycles. The number of nitrogens with one attached hydrogen (secondary N) is 2. The molecule has 0 aliphatic carbocycles. The van der Waals surface area contributed by atoms with Gasteiger partial charge in [-0.1, -0.05) is 18.2 Å². The van der Waals surface area contributed by atoms with E-state index in [0.717, 1.165) is 28.2 Å². The van der Waals surface area contributed by atoms with E-state index in [9.17, 15) is 4.79 Å². The standard InChI is InChI=1S/C19H18N6O/c1-13-22-16-11-14(23-19(26)10-9-18-20-12-21-24-18)7-8-17(16)25(13)15-5-3-2-4-6-15/h2-8,11-12H,9-10H2,1H3,(H,23,26)(H,20,21,24). The number of nitrogens with zero attached hydrogens (tertiary/aromatic N) is 4. The van der Waals surface area contributed by atoms with Crippen molar-refractivity contribution in [2.45, 2.75) is 19.8 Å². The van der Waals surface area contributed by atoms with Gasteiger partial charge in [0.1, 0.15) is 18.0 Å². The van der Waals surface area contributed by atoms with Gasteiger partial charge in [0.25, 0.3) is 0 Å². The largest absolute Gasteiger partial charge is 0.326 e. The average Bonchev–Trinajstić information content (AvgIpc) is 3.27. The number of carbonyl (C=O) groups excluding carboxylic acids is 1. The number of rotatable bonds is 5. The number of hydrogen-bond donors (Lipinski definition) is 2. The summed E-state index contributed by atoms with van der Waals surface area (Å²) in [5, 5.41) is 9.44. The van der Waals surface area contributed by atoms with Crippen molar-refractivity contribution in [1.29, 1.82) is 0 Å². The minimum absolute atomic E-state index is 0.0695. The smallest absolute Gasteiger partial charge is 0.224 e. The lowest BCUT2D eigenvalue weighted by Crippen LogP contribution is -2.12. The molecule has 0 atom stereocenters. The van der Waals surface area contributed by atoms with Crippen LogP contribution in [-0.2, 0) is 11.2 Å². The van der Waals surface area contributed by atoms with Gasteiger partial charge in [-0.25, -0.2) is 9.97 Å². The van der Waals surface area contributed by atoms with E-state index in [4.69, 9.17) is 0 Å². The highest BCUT2D eigenvalue weighted by molar-refractivity contribution is 5.93. The van der Waals surface area contributed by atoms with Crippen molar-refractivity contribution in [3.05, 3.63) is 66.5 Å². The van der Waals surface area contributed by atoms with E-state index in [1.165, 1.54) is 6.33 Å². The van der Waals surface area contributed by atoms with Gasteiger partial charge < -0.3 is 5.32 Å². The molecule has 2 aromatic carbocycles. The summed E-state index contributed by atoms with van der Waals surface area (Å²) in [5.74, 6) is 1.53. The maximum absolute atomic E-state index is 12.1. The van der Waals surface area contributed by atoms with Crippen LogP contribution in [-0.4, -0.2) is 30.6 Å². The minimum atomic E-state index is -0.0695. The molecular weight excluding hydrogens is 328 g/mol. The third-order valence-corrected chi connectivity index (χ3v) is 4.17. The molecule has 130 valence electrons. The van der Waals surface area contributed by atoms with Crippen LogP contribution in [0, 0.1) is 6.92 Å². The van der Waals surface area contributed by atoms with Gasteiger partial charge in [0.2, 0.25) is 5.91 Å². The van der Waals surface area contributed by atoms with Gasteiger partial charge >= 0.3 is 0 Å². The molecule has 0 bridgehead atoms. The number of H-pyrrole nitrogens is 1. The average molecular weight is 346 g/mol. The Hall–Kier alpha value is -3.48. The number of aromatic nitrogens is 5. The Balaban J connectivity index is 1.54. The predicted octanol–water partition coefficient (Wildman–Crippen LogP) is 3.02. The monoisotopic (exact) mass is 346 g/mol. The molecule has 2 aromatic heterocycles. The highest BCUT2D eigenvalue weighted by Gasteiger charge is 2.11. The molecule has 7 heteroatoms. The molecule has 0 spiro atoms. The Labute approximate surface area is 150 Å². The summed E-state index contributed by atoms with van der Waals surface area (Å²) in [5.41, 5.74) is 3.65. The number of benzene rings is 2. The first-order valence-electron chi connectivity index (χ1n) is 8.39. The van der Waals surface area contributed by atoms with Crippen LogP contribution in [0.2, 0.25) is 0 Å². The van der Waals surface area contributed by atoms with E-state index < -0.39 is 0 Å². The summed E-state index contributed by atoms with van der Waals surface area (Å²) in [4.78, 5) is 20.8. The van der Waals surface area contributed by atoms with E-state index in [0.29, 0.717) is 18.7 Å². The summed E-state index contributed by atoms with van der Waals surface area (Å²) >= 11 is 0. The van der Waals surface area contributed by atoms with Crippen molar-refractivity contribution in [2.75, 3.05) is 5.32 Å². The van der Waals surface area contributed by atoms with Gasteiger partial charge in [0.05, 0.1) is 11.0 Å². The molecule has 4 aromatic rings. The molecule has 1 amide bonds. The Bertz CT molecular complexity index is 1040. The van der Waals surface area contributed by atoms with Crippen molar-refractivity contribution >= 4 is 22.6 Å². The van der Waals surface area contributed by atoms with Crippen molar-refractivity contribution in [3.8, 4) is 5.69 Å². The van der Waals surface area contributed by atoms with Crippen molar-refractivity contribution < 1.29 is 4.79 Å². The number of amides is 1. The van der Waals surface area contributed by atoms with Crippen LogP contribution in [0.15, 0.2) is 54.9 Å². The molecule has 0 saturated heterocycles. The first-order valence-corrected chi connectivity index (χ1v) is 8.39. The van der Waals surface area contributed by atoms with Gasteiger partial charge in [-0.3, -0.25) is 14.5 Å². The Morgan fingerprint density at radius 1 is 1.19 bits per heavy atom. The number of aryl methyl sites for hydroxylation is 2. The summed E-state index contributed by atoms with van der Waals surface area (Å²) in [6, 6.07) is 15.9. The van der Waals surface area contributed by atoms with Crippen LogP contribution in [0.5, 0.6) is 0 Å².